The van der Waals surface area contributed by atoms with Gasteiger partial charge < -0.3 is 0 Å². The van der Waals surface area contributed by atoms with E-state index in [1.165, 1.54) is 25.7 Å². The van der Waals surface area contributed by atoms with Crippen LogP contribution in [-0.4, -0.2) is 11.8 Å². The fourth-order valence-electron chi connectivity index (χ4n) is 7.18. The first-order valence-electron chi connectivity index (χ1n) is 9.56. The zero-order valence-electron chi connectivity index (χ0n) is 14.5. The molecule has 0 N–H and O–H groups in total. The molecule has 0 spiro atoms. The number of fused-ring (bicyclic) bond motifs is 5. The molecule has 0 aromatic heterocycles. The quantitative estimate of drug-likeness (QED) is 0.369. The van der Waals surface area contributed by atoms with Gasteiger partial charge in [0.2, 0.25) is 0 Å². The van der Waals surface area contributed by atoms with Crippen molar-refractivity contribution in [3.8, 4) is 0 Å². The van der Waals surface area contributed by atoms with Crippen LogP contribution in [0.15, 0.2) is 5.11 Å². The Morgan fingerprint density at radius 2 is 1.91 bits per heavy atom. The predicted molar refractivity (Wildman–Crippen MR) is 89.7 cm³/mol. The molecule has 0 amide bonds. The lowest BCUT2D eigenvalue weighted by molar-refractivity contribution is -0.139. The molecular weight excluding hydrogens is 286 g/mol. The van der Waals surface area contributed by atoms with Crippen LogP contribution < -0.4 is 0 Å². The van der Waals surface area contributed by atoms with Crippen molar-refractivity contribution in [2.45, 2.75) is 77.7 Å². The Balaban J connectivity index is 1.59. The zero-order valence-corrected chi connectivity index (χ0v) is 14.5. The van der Waals surface area contributed by atoms with Gasteiger partial charge in [-0.25, -0.2) is 0 Å². The number of azide groups is 1. The normalized spacial score (nSPS) is 52.1. The summed E-state index contributed by atoms with van der Waals surface area (Å²) in [6.07, 6.45) is 10.2. The van der Waals surface area contributed by atoms with Crippen LogP contribution in [0.25, 0.3) is 10.4 Å². The van der Waals surface area contributed by atoms with E-state index in [-0.39, 0.29) is 11.5 Å². The molecule has 4 aliphatic rings. The summed E-state index contributed by atoms with van der Waals surface area (Å²) in [7, 11) is 0. The average Bonchev–Trinajstić information content (AvgIpc) is 2.84. The molecule has 4 saturated carbocycles. The first kappa shape index (κ1) is 15.5. The average molecular weight is 315 g/mol. The third-order valence-corrected chi connectivity index (χ3v) is 8.56. The number of hydrogen-bond donors (Lipinski definition) is 0. The van der Waals surface area contributed by atoms with E-state index in [1.807, 2.05) is 0 Å². The lowest BCUT2D eigenvalue weighted by Gasteiger charge is -2.60. The number of ketones is 1. The minimum atomic E-state index is -0.00727. The van der Waals surface area contributed by atoms with Gasteiger partial charge in [-0.3, -0.25) is 4.79 Å². The smallest absolute Gasteiger partial charge is 0.139 e. The van der Waals surface area contributed by atoms with Crippen LogP contribution >= 0.6 is 0 Å². The van der Waals surface area contributed by atoms with E-state index >= 15 is 0 Å². The van der Waals surface area contributed by atoms with Crippen LogP contribution in [0.3, 0.4) is 0 Å². The van der Waals surface area contributed by atoms with E-state index in [9.17, 15) is 4.79 Å². The summed E-state index contributed by atoms with van der Waals surface area (Å²) in [6, 6.07) is 0.219. The van der Waals surface area contributed by atoms with Crippen LogP contribution in [0, 0.1) is 34.5 Å². The Morgan fingerprint density at radius 3 is 2.70 bits per heavy atom. The Labute approximate surface area is 139 Å². The van der Waals surface area contributed by atoms with Crippen LogP contribution in [-0.2, 0) is 4.79 Å². The van der Waals surface area contributed by atoms with Gasteiger partial charge >= 0.3 is 0 Å². The monoisotopic (exact) mass is 315 g/mol. The van der Waals surface area contributed by atoms with E-state index < -0.39 is 0 Å². The van der Waals surface area contributed by atoms with Crippen LogP contribution in [0.5, 0.6) is 0 Å². The molecule has 126 valence electrons. The number of Topliss-reactive ketones (excluding diaryl/α,β-unsaturated/α-hetero) is 1. The molecule has 0 saturated heterocycles. The minimum Gasteiger partial charge on any atom is -0.299 e. The molecule has 0 aromatic rings. The molecule has 0 bridgehead atoms. The number of carbonyl (C=O) groups is 1. The number of hydrogen-bond acceptors (Lipinski definition) is 2. The van der Waals surface area contributed by atoms with Crippen LogP contribution in [0.1, 0.15) is 71.6 Å². The molecule has 4 heteroatoms. The van der Waals surface area contributed by atoms with Crippen molar-refractivity contribution < 1.29 is 4.79 Å². The lowest BCUT2D eigenvalue weighted by Crippen LogP contribution is -2.53. The predicted octanol–water partition coefficient (Wildman–Crippen LogP) is 5.28. The molecule has 0 unspecified atom stereocenters. The van der Waals surface area contributed by atoms with Crippen LogP contribution in [0.2, 0.25) is 0 Å². The summed E-state index contributed by atoms with van der Waals surface area (Å²) in [5, 5.41) is 4.02. The highest BCUT2D eigenvalue weighted by molar-refractivity contribution is 5.87. The number of carbonyl (C=O) groups excluding carboxylic acids is 1. The van der Waals surface area contributed by atoms with E-state index in [0.717, 1.165) is 49.9 Å². The van der Waals surface area contributed by atoms with Gasteiger partial charge in [0.15, 0.2) is 0 Å². The first-order valence-corrected chi connectivity index (χ1v) is 9.56. The second-order valence-electron chi connectivity index (χ2n) is 9.21. The van der Waals surface area contributed by atoms with Crippen molar-refractivity contribution in [1.82, 2.24) is 0 Å². The van der Waals surface area contributed by atoms with Crippen molar-refractivity contribution in [3.63, 3.8) is 0 Å². The van der Waals surface area contributed by atoms with Gasteiger partial charge in [-0.2, -0.15) is 0 Å². The van der Waals surface area contributed by atoms with Gasteiger partial charge in [-0.05, 0) is 86.0 Å². The summed E-state index contributed by atoms with van der Waals surface area (Å²) in [5.74, 6) is 3.45. The lowest BCUT2D eigenvalue weighted by atomic mass is 9.45. The van der Waals surface area contributed by atoms with Gasteiger partial charge in [-0.1, -0.05) is 19.0 Å². The third kappa shape index (κ3) is 2.10. The van der Waals surface area contributed by atoms with E-state index in [0.29, 0.717) is 17.1 Å². The second-order valence-corrected chi connectivity index (χ2v) is 9.21. The molecule has 23 heavy (non-hydrogen) atoms. The fraction of sp³-hybridized carbons (Fsp3) is 0.947. The Hall–Kier alpha value is -1.02. The number of rotatable bonds is 1. The largest absolute Gasteiger partial charge is 0.299 e. The fourth-order valence-corrected chi connectivity index (χ4v) is 7.18. The molecule has 0 aliphatic heterocycles. The van der Waals surface area contributed by atoms with E-state index in [2.05, 4.69) is 23.9 Å². The Kier molecular flexibility index (Phi) is 3.53. The molecule has 7 atom stereocenters. The highest BCUT2D eigenvalue weighted by Gasteiger charge is 2.60. The maximum atomic E-state index is 12.4. The molecule has 4 aliphatic carbocycles. The van der Waals surface area contributed by atoms with Crippen LogP contribution in [0.4, 0.5) is 0 Å². The summed E-state index contributed by atoms with van der Waals surface area (Å²) in [4.78, 5) is 15.5. The van der Waals surface area contributed by atoms with Crippen molar-refractivity contribution in [1.29, 1.82) is 0 Å². The van der Waals surface area contributed by atoms with Crippen molar-refractivity contribution in [3.05, 3.63) is 10.4 Å². The molecular formula is C19H29N3O. The summed E-state index contributed by atoms with van der Waals surface area (Å²) < 4.78 is 0. The Morgan fingerprint density at radius 1 is 1.09 bits per heavy atom. The van der Waals surface area contributed by atoms with Gasteiger partial charge in [0.05, 0.1) is 0 Å². The summed E-state index contributed by atoms with van der Waals surface area (Å²) in [5.41, 5.74) is 9.16. The van der Waals surface area contributed by atoms with E-state index in [4.69, 9.17) is 5.53 Å². The molecule has 4 nitrogen and oxygen atoms in total. The first-order chi connectivity index (χ1) is 11.0. The van der Waals surface area contributed by atoms with Gasteiger partial charge in [0.25, 0.3) is 0 Å². The number of nitrogens with zero attached hydrogens (tertiary/aromatic N) is 3. The Bertz CT molecular complexity index is 569. The standard InChI is InChI=1S/C19H29N3O/c1-18-9-7-13(21-22-20)11-12(18)3-4-14-15-5-6-17(23)19(15,2)10-8-16(14)18/h12-16H,3-11H2,1-2H3/t12-,13-,14-,15-,16-,18-,19-/m0/s1. The molecule has 0 heterocycles. The zero-order chi connectivity index (χ0) is 16.2. The van der Waals surface area contributed by atoms with E-state index in [1.54, 1.807) is 0 Å². The van der Waals surface area contributed by atoms with Crippen molar-refractivity contribution >= 4 is 5.78 Å². The van der Waals surface area contributed by atoms with Gasteiger partial charge in [-0.15, -0.1) is 0 Å². The highest BCUT2D eigenvalue weighted by Crippen LogP contribution is 2.65. The summed E-state index contributed by atoms with van der Waals surface area (Å²) >= 11 is 0. The highest BCUT2D eigenvalue weighted by atomic mass is 16.1. The van der Waals surface area contributed by atoms with Gasteiger partial charge in [0, 0.05) is 22.8 Å². The van der Waals surface area contributed by atoms with Gasteiger partial charge in [0.1, 0.15) is 5.78 Å². The maximum Gasteiger partial charge on any atom is 0.139 e. The molecule has 4 rings (SSSR count). The second kappa shape index (κ2) is 5.24. The SMILES string of the molecule is C[C@]12CC[C@H](N=[N+]=[N-])C[C@@H]1CC[C@@H]1[C@@H]2CC[C@]2(C)C(=O)CC[C@@H]12. The van der Waals surface area contributed by atoms with Crippen molar-refractivity contribution in [2.75, 3.05) is 0 Å². The molecule has 0 radical (unpaired) electrons. The summed E-state index contributed by atoms with van der Waals surface area (Å²) in [6.45, 7) is 4.77. The third-order valence-electron chi connectivity index (χ3n) is 8.56. The maximum absolute atomic E-state index is 12.4. The molecule has 4 fully saturated rings. The molecule has 0 aromatic carbocycles. The minimum absolute atomic E-state index is 0.00727. The topological polar surface area (TPSA) is 65.8 Å². The van der Waals surface area contributed by atoms with Crippen molar-refractivity contribution in [2.24, 2.45) is 39.6 Å².